The van der Waals surface area contributed by atoms with Gasteiger partial charge in [-0.25, -0.2) is 14.5 Å². The predicted molar refractivity (Wildman–Crippen MR) is 120 cm³/mol. The van der Waals surface area contributed by atoms with Crippen LogP contribution in [0.15, 0.2) is 47.6 Å². The molecule has 4 amide bonds. The number of rotatable bonds is 6. The number of urea groups is 1. The van der Waals surface area contributed by atoms with Crippen molar-refractivity contribution in [2.24, 2.45) is 0 Å². The van der Waals surface area contributed by atoms with Crippen LogP contribution in [-0.4, -0.2) is 45.1 Å². The molecule has 0 saturated carbocycles. The maximum absolute atomic E-state index is 13.2. The largest absolute Gasteiger partial charge is 0.447 e. The maximum Gasteiger partial charge on any atom is 0.446 e. The van der Waals surface area contributed by atoms with E-state index in [1.807, 2.05) is 0 Å². The number of nitrogens with one attached hydrogen (secondary N) is 1. The third-order valence-electron chi connectivity index (χ3n) is 4.97. The van der Waals surface area contributed by atoms with Gasteiger partial charge < -0.3 is 9.64 Å². The van der Waals surface area contributed by atoms with Crippen LogP contribution in [-0.2, 0) is 16.1 Å². The molecular weight excluding hydrogens is 473 g/mol. The first-order chi connectivity index (χ1) is 15.8. The van der Waals surface area contributed by atoms with Crippen molar-refractivity contribution in [1.82, 2.24) is 9.88 Å². The number of nitrogens with zero attached hydrogens (tertiary/aromatic N) is 3. The third kappa shape index (κ3) is 5.61. The van der Waals surface area contributed by atoms with E-state index in [0.29, 0.717) is 11.3 Å². The van der Waals surface area contributed by atoms with Crippen LogP contribution in [0.1, 0.15) is 33.3 Å². The van der Waals surface area contributed by atoms with Crippen molar-refractivity contribution in [3.05, 3.63) is 48.3 Å². The molecule has 0 radical (unpaired) electrons. The first-order valence-corrected chi connectivity index (χ1v) is 11.0. The molecule has 0 aliphatic carbocycles. The molecule has 1 aliphatic heterocycles. The van der Waals surface area contributed by atoms with E-state index in [2.05, 4.69) is 10.3 Å². The second-order valence-electron chi connectivity index (χ2n) is 8.22. The summed E-state index contributed by atoms with van der Waals surface area (Å²) in [5, 5.41) is 2.58. The number of halogens is 3. The quantitative estimate of drug-likeness (QED) is 0.426. The summed E-state index contributed by atoms with van der Waals surface area (Å²) in [6.45, 7) is 6.51. The number of hydrogen-bond donors (Lipinski definition) is 1. The minimum Gasteiger partial charge on any atom is -0.447 e. The molecule has 34 heavy (non-hydrogen) atoms. The summed E-state index contributed by atoms with van der Waals surface area (Å²) in [5.41, 5.74) is -4.71. The Morgan fingerprint density at radius 3 is 2.41 bits per heavy atom. The number of hydrogen-bond acceptors (Lipinski definition) is 6. The van der Waals surface area contributed by atoms with Gasteiger partial charge in [-0.3, -0.25) is 15.1 Å². The second kappa shape index (κ2) is 9.53. The Bertz CT molecular complexity index is 1090. The minimum absolute atomic E-state index is 0.0319. The van der Waals surface area contributed by atoms with Crippen molar-refractivity contribution in [2.45, 2.75) is 56.3 Å². The van der Waals surface area contributed by atoms with Crippen LogP contribution in [0.5, 0.6) is 0 Å². The highest BCUT2D eigenvalue weighted by Gasteiger charge is 2.51. The van der Waals surface area contributed by atoms with Crippen molar-refractivity contribution in [2.75, 3.05) is 10.2 Å². The number of ether oxygens (including phenoxy) is 1. The Labute approximate surface area is 198 Å². The summed E-state index contributed by atoms with van der Waals surface area (Å²) in [6.07, 6.45) is 1.86. The molecule has 2 heterocycles. The van der Waals surface area contributed by atoms with Crippen LogP contribution in [0, 0.1) is 0 Å². The number of benzene rings is 1. The molecule has 0 bridgehead atoms. The number of thioether (sulfide) groups is 1. The number of alkyl halides is 3. The fourth-order valence-corrected chi connectivity index (χ4v) is 3.86. The SMILES string of the molecule is CC(C)OC(=O)Nc1cnccc1CN1C(=O)N(c2ccc(SC(F)(F)F)cc2)C(=O)C1(C)C. The summed E-state index contributed by atoms with van der Waals surface area (Å²) in [5.74, 6) is -0.531. The molecule has 0 atom stereocenters. The number of anilines is 2. The van der Waals surface area contributed by atoms with E-state index in [0.717, 1.165) is 4.90 Å². The number of aromatic nitrogens is 1. The standard InChI is InChI=1S/C22H23F3N4O4S/c1-13(2)33-19(31)27-17-11-26-10-9-14(17)12-28-20(32)29(18(30)21(28,3)4)15-5-7-16(8-6-15)34-22(23,24)25/h5-11,13H,12H2,1-4H3,(H,27,31). The van der Waals surface area contributed by atoms with Gasteiger partial charge in [0.1, 0.15) is 5.54 Å². The van der Waals surface area contributed by atoms with E-state index < -0.39 is 29.1 Å². The topological polar surface area (TPSA) is 91.8 Å². The van der Waals surface area contributed by atoms with Gasteiger partial charge in [-0.05, 0) is 75.4 Å². The monoisotopic (exact) mass is 496 g/mol. The molecule has 2 aromatic rings. The lowest BCUT2D eigenvalue weighted by molar-refractivity contribution is -0.123. The van der Waals surface area contributed by atoms with Gasteiger partial charge in [-0.1, -0.05) is 0 Å². The molecular formula is C22H23F3N4O4S. The van der Waals surface area contributed by atoms with Gasteiger partial charge in [0.05, 0.1) is 30.2 Å². The molecule has 8 nitrogen and oxygen atoms in total. The zero-order valence-electron chi connectivity index (χ0n) is 18.8. The number of amides is 4. The van der Waals surface area contributed by atoms with Crippen molar-refractivity contribution in [3.8, 4) is 0 Å². The first-order valence-electron chi connectivity index (χ1n) is 10.2. The highest BCUT2D eigenvalue weighted by molar-refractivity contribution is 8.00. The Kier molecular flexibility index (Phi) is 7.10. The molecule has 0 spiro atoms. The molecule has 3 rings (SSSR count). The predicted octanol–water partition coefficient (Wildman–Crippen LogP) is 5.40. The maximum atomic E-state index is 13.2. The van der Waals surface area contributed by atoms with Gasteiger partial charge in [0.15, 0.2) is 0 Å². The summed E-state index contributed by atoms with van der Waals surface area (Å²) in [6, 6.07) is 5.96. The zero-order valence-corrected chi connectivity index (χ0v) is 19.7. The van der Waals surface area contributed by atoms with Gasteiger partial charge in [-0.15, -0.1) is 0 Å². The van der Waals surface area contributed by atoms with Crippen molar-refractivity contribution in [1.29, 1.82) is 0 Å². The fourth-order valence-electron chi connectivity index (χ4n) is 3.32. The number of imide groups is 1. The molecule has 1 aliphatic rings. The Morgan fingerprint density at radius 2 is 1.82 bits per heavy atom. The van der Waals surface area contributed by atoms with Gasteiger partial charge in [0.25, 0.3) is 5.91 Å². The van der Waals surface area contributed by atoms with E-state index in [1.165, 1.54) is 41.6 Å². The van der Waals surface area contributed by atoms with E-state index in [-0.39, 0.29) is 35.0 Å². The average Bonchev–Trinajstić information content (AvgIpc) is 2.88. The Hall–Kier alpha value is -3.28. The van der Waals surface area contributed by atoms with Crippen LogP contribution in [0.4, 0.5) is 34.1 Å². The summed E-state index contributed by atoms with van der Waals surface area (Å²) >= 11 is -0.284. The van der Waals surface area contributed by atoms with Crippen molar-refractivity contribution in [3.63, 3.8) is 0 Å². The summed E-state index contributed by atoms with van der Waals surface area (Å²) in [4.78, 5) is 44.6. The van der Waals surface area contributed by atoms with Gasteiger partial charge in [-0.2, -0.15) is 13.2 Å². The smallest absolute Gasteiger partial charge is 0.446 e. The lowest BCUT2D eigenvalue weighted by Gasteiger charge is -2.28. The highest BCUT2D eigenvalue weighted by atomic mass is 32.2. The van der Waals surface area contributed by atoms with Crippen LogP contribution in [0.2, 0.25) is 0 Å². The molecule has 1 fully saturated rings. The molecule has 12 heteroatoms. The molecule has 0 unspecified atom stereocenters. The molecule has 1 saturated heterocycles. The minimum atomic E-state index is -4.45. The summed E-state index contributed by atoms with van der Waals surface area (Å²) in [7, 11) is 0. The van der Waals surface area contributed by atoms with E-state index in [9.17, 15) is 27.6 Å². The fraction of sp³-hybridized carbons (Fsp3) is 0.364. The molecule has 1 N–H and O–H groups in total. The Morgan fingerprint density at radius 1 is 1.18 bits per heavy atom. The lowest BCUT2D eigenvalue weighted by atomic mass is 10.0. The van der Waals surface area contributed by atoms with Gasteiger partial charge >= 0.3 is 17.6 Å². The number of carbonyl (C=O) groups is 3. The van der Waals surface area contributed by atoms with Crippen LogP contribution in [0.25, 0.3) is 0 Å². The van der Waals surface area contributed by atoms with Gasteiger partial charge in [0.2, 0.25) is 0 Å². The number of carbonyl (C=O) groups excluding carboxylic acids is 3. The highest BCUT2D eigenvalue weighted by Crippen LogP contribution is 2.39. The molecule has 182 valence electrons. The van der Waals surface area contributed by atoms with E-state index in [1.54, 1.807) is 33.8 Å². The average molecular weight is 497 g/mol. The first kappa shape index (κ1) is 25.3. The van der Waals surface area contributed by atoms with Crippen LogP contribution in [0.3, 0.4) is 0 Å². The van der Waals surface area contributed by atoms with Crippen molar-refractivity contribution < 1.29 is 32.3 Å². The van der Waals surface area contributed by atoms with Crippen LogP contribution < -0.4 is 10.2 Å². The molecule has 1 aromatic heterocycles. The zero-order chi connectivity index (χ0) is 25.3. The molecule has 1 aromatic carbocycles. The lowest BCUT2D eigenvalue weighted by Crippen LogP contribution is -2.43. The normalized spacial score (nSPS) is 15.8. The van der Waals surface area contributed by atoms with Crippen LogP contribution >= 0.6 is 11.8 Å². The van der Waals surface area contributed by atoms with E-state index in [4.69, 9.17) is 4.74 Å². The number of pyridine rings is 1. The third-order valence-corrected chi connectivity index (χ3v) is 5.71. The summed E-state index contributed by atoms with van der Waals surface area (Å²) < 4.78 is 42.9. The Balaban J connectivity index is 1.84. The second-order valence-corrected chi connectivity index (χ2v) is 9.36. The van der Waals surface area contributed by atoms with Gasteiger partial charge in [0, 0.05) is 11.1 Å². The van der Waals surface area contributed by atoms with E-state index >= 15 is 0 Å². The van der Waals surface area contributed by atoms with Crippen molar-refractivity contribution >= 4 is 41.2 Å².